The lowest BCUT2D eigenvalue weighted by Gasteiger charge is -2.44. The minimum atomic E-state index is -0.976. The summed E-state index contributed by atoms with van der Waals surface area (Å²) in [6.07, 6.45) is 0. The zero-order chi connectivity index (χ0) is 44.3. The van der Waals surface area contributed by atoms with E-state index < -0.39 is 22.2 Å². The summed E-state index contributed by atoms with van der Waals surface area (Å²) < 4.78 is 23.3. The Morgan fingerprint density at radius 1 is 0.215 bits per heavy atom. The molecule has 0 aliphatic rings. The molecule has 0 fully saturated rings. The van der Waals surface area contributed by atoms with Crippen LogP contribution in [0.1, 0.15) is 57.0 Å². The molecule has 9 aromatic carbocycles. The van der Waals surface area contributed by atoms with E-state index in [2.05, 4.69) is 280 Å². The molecule has 0 saturated heterocycles. The third-order valence-electron chi connectivity index (χ3n) is 12.5. The van der Waals surface area contributed by atoms with Gasteiger partial charge in [0.2, 0.25) is 0 Å². The highest BCUT2D eigenvalue weighted by atomic mass is 16.5. The fourth-order valence-corrected chi connectivity index (χ4v) is 9.28. The van der Waals surface area contributed by atoms with Gasteiger partial charge in [-0.05, 0) is 50.1 Å². The first-order chi connectivity index (χ1) is 32.1. The van der Waals surface area contributed by atoms with Crippen LogP contribution in [0.3, 0.4) is 0 Å². The second kappa shape index (κ2) is 19.7. The Morgan fingerprint density at radius 2 is 0.338 bits per heavy atom. The van der Waals surface area contributed by atoms with E-state index >= 15 is 0 Å². The van der Waals surface area contributed by atoms with Gasteiger partial charge in [-0.1, -0.05) is 280 Å². The largest absolute Gasteiger partial charge is 0.360 e. The van der Waals surface area contributed by atoms with Crippen LogP contribution in [0.4, 0.5) is 0 Å². The van der Waals surface area contributed by atoms with Crippen molar-refractivity contribution in [1.82, 2.24) is 0 Å². The van der Waals surface area contributed by atoms with E-state index in [4.69, 9.17) is 14.2 Å². The lowest BCUT2D eigenvalue weighted by molar-refractivity contribution is -0.134. The van der Waals surface area contributed by atoms with Crippen molar-refractivity contribution < 1.29 is 14.2 Å². The zero-order valence-corrected chi connectivity index (χ0v) is 36.8. The van der Waals surface area contributed by atoms with Crippen molar-refractivity contribution in [3.05, 3.63) is 323 Å². The average molecular weight is 847 g/mol. The summed E-state index contributed by atoms with van der Waals surface area (Å²) >= 11 is 0. The Balaban J connectivity index is 1.23. The van der Waals surface area contributed by atoms with E-state index in [1.165, 1.54) is 0 Å². The summed E-state index contributed by atoms with van der Waals surface area (Å²) in [6, 6.07) is 95.2. The molecule has 0 spiro atoms. The van der Waals surface area contributed by atoms with E-state index in [1.807, 2.05) is 0 Å². The maximum Gasteiger partial charge on any atom is 0.143 e. The third kappa shape index (κ3) is 8.75. The molecule has 0 atom stereocenters. The van der Waals surface area contributed by atoms with E-state index in [-0.39, 0.29) is 19.8 Å². The summed E-state index contributed by atoms with van der Waals surface area (Å²) in [5.74, 6) is 0. The van der Waals surface area contributed by atoms with Crippen LogP contribution in [0.25, 0.3) is 0 Å². The topological polar surface area (TPSA) is 27.7 Å². The number of rotatable bonds is 18. The van der Waals surface area contributed by atoms with Crippen molar-refractivity contribution in [2.75, 3.05) is 19.8 Å². The molecular weight excluding hydrogens is 793 g/mol. The second-order valence-electron chi connectivity index (χ2n) is 17.0. The average Bonchev–Trinajstić information content (AvgIpc) is 3.40. The minimum Gasteiger partial charge on any atom is -0.360 e. The summed E-state index contributed by atoms with van der Waals surface area (Å²) in [7, 11) is 0. The van der Waals surface area contributed by atoms with Crippen molar-refractivity contribution in [3.8, 4) is 0 Å². The van der Waals surface area contributed by atoms with Crippen LogP contribution in [0.2, 0.25) is 0 Å². The van der Waals surface area contributed by atoms with Crippen LogP contribution in [0.5, 0.6) is 0 Å². The Bertz CT molecular complexity index is 2180. The summed E-state index contributed by atoms with van der Waals surface area (Å²) in [5.41, 5.74) is 5.55. The van der Waals surface area contributed by atoms with Crippen LogP contribution >= 0.6 is 0 Å². The van der Waals surface area contributed by atoms with Gasteiger partial charge in [0.05, 0.1) is 19.8 Å². The van der Waals surface area contributed by atoms with Gasteiger partial charge in [-0.15, -0.1) is 0 Å². The van der Waals surface area contributed by atoms with Gasteiger partial charge in [0.15, 0.2) is 0 Å². The Kier molecular flexibility index (Phi) is 13.1. The first kappa shape index (κ1) is 43.1. The first-order valence-corrected chi connectivity index (χ1v) is 22.5. The Hall–Kier alpha value is -7.14. The van der Waals surface area contributed by atoms with Gasteiger partial charge >= 0.3 is 0 Å². The molecule has 3 nitrogen and oxygen atoms in total. The molecule has 0 N–H and O–H groups in total. The number of ether oxygens (including phenoxy) is 3. The molecule has 65 heavy (non-hydrogen) atoms. The van der Waals surface area contributed by atoms with Gasteiger partial charge in [0.25, 0.3) is 0 Å². The van der Waals surface area contributed by atoms with Crippen LogP contribution in [-0.2, 0) is 31.0 Å². The fraction of sp³-hybridized carbons (Fsp3) is 0.129. The molecule has 0 bridgehead atoms. The molecular formula is C62H54O3. The highest BCUT2D eigenvalue weighted by Crippen LogP contribution is 2.47. The van der Waals surface area contributed by atoms with Gasteiger partial charge < -0.3 is 14.2 Å². The molecule has 320 valence electrons. The Labute approximate surface area is 384 Å². The number of benzene rings is 9. The lowest BCUT2D eigenvalue weighted by Crippen LogP contribution is -2.46. The van der Waals surface area contributed by atoms with E-state index in [0.29, 0.717) is 0 Å². The van der Waals surface area contributed by atoms with Crippen LogP contribution in [0.15, 0.2) is 273 Å². The standard InChI is InChI=1S/C62H54O3/c1-59(47-63-60(50-29-11-2-12-30-50,51-31-13-3-14-32-51)52-33-15-4-16-34-52,48-64-61(53-35-17-5-18-36-53,54-37-19-6-20-38-54)55-39-21-7-22-40-55)49-65-62(56-41-23-8-24-42-56,57-43-25-9-26-44-57)58-45-27-10-28-46-58/h2-46H,47-49H2,1H3. The number of hydrogen-bond acceptors (Lipinski definition) is 3. The van der Waals surface area contributed by atoms with Gasteiger partial charge in [-0.25, -0.2) is 0 Å². The minimum absolute atomic E-state index is 0.259. The molecule has 9 rings (SSSR count). The van der Waals surface area contributed by atoms with Crippen LogP contribution < -0.4 is 0 Å². The van der Waals surface area contributed by atoms with Crippen molar-refractivity contribution >= 4 is 0 Å². The summed E-state index contributed by atoms with van der Waals surface area (Å²) in [6.45, 7) is 3.02. The van der Waals surface area contributed by atoms with Crippen molar-refractivity contribution in [2.45, 2.75) is 23.7 Å². The maximum absolute atomic E-state index is 7.76. The van der Waals surface area contributed by atoms with Crippen molar-refractivity contribution in [1.29, 1.82) is 0 Å². The molecule has 0 saturated carbocycles. The smallest absolute Gasteiger partial charge is 0.143 e. The third-order valence-corrected chi connectivity index (χ3v) is 12.5. The molecule has 9 aromatic rings. The summed E-state index contributed by atoms with van der Waals surface area (Å²) in [4.78, 5) is 0. The van der Waals surface area contributed by atoms with E-state index in [1.54, 1.807) is 0 Å². The molecule has 0 unspecified atom stereocenters. The van der Waals surface area contributed by atoms with E-state index in [0.717, 1.165) is 50.1 Å². The molecule has 0 heterocycles. The highest BCUT2D eigenvalue weighted by molar-refractivity contribution is 5.50. The predicted octanol–water partition coefficient (Wildman–Crippen LogP) is 14.0. The molecule has 0 aromatic heterocycles. The number of hydrogen-bond donors (Lipinski definition) is 0. The lowest BCUT2D eigenvalue weighted by atomic mass is 9.78. The van der Waals surface area contributed by atoms with E-state index in [9.17, 15) is 0 Å². The fourth-order valence-electron chi connectivity index (χ4n) is 9.28. The van der Waals surface area contributed by atoms with Gasteiger partial charge in [-0.3, -0.25) is 0 Å². The second-order valence-corrected chi connectivity index (χ2v) is 17.0. The highest BCUT2D eigenvalue weighted by Gasteiger charge is 2.46. The molecule has 0 amide bonds. The molecule has 0 aliphatic heterocycles. The van der Waals surface area contributed by atoms with Gasteiger partial charge in [-0.2, -0.15) is 0 Å². The monoisotopic (exact) mass is 846 g/mol. The Morgan fingerprint density at radius 3 is 0.462 bits per heavy atom. The SMILES string of the molecule is CC(COC(c1ccccc1)(c1ccccc1)c1ccccc1)(COC(c1ccccc1)(c1ccccc1)c1ccccc1)COC(c1ccccc1)(c1ccccc1)c1ccccc1. The predicted molar refractivity (Wildman–Crippen MR) is 264 cm³/mol. The quantitative estimate of drug-likeness (QED) is 0.0805. The molecule has 3 heteroatoms. The normalized spacial score (nSPS) is 12.1. The van der Waals surface area contributed by atoms with Crippen LogP contribution in [-0.4, -0.2) is 19.8 Å². The van der Waals surface area contributed by atoms with Crippen molar-refractivity contribution in [3.63, 3.8) is 0 Å². The van der Waals surface area contributed by atoms with Gasteiger partial charge in [0.1, 0.15) is 16.8 Å². The van der Waals surface area contributed by atoms with Gasteiger partial charge in [0, 0.05) is 5.41 Å². The van der Waals surface area contributed by atoms with Crippen molar-refractivity contribution in [2.24, 2.45) is 5.41 Å². The first-order valence-electron chi connectivity index (χ1n) is 22.5. The molecule has 0 aliphatic carbocycles. The zero-order valence-electron chi connectivity index (χ0n) is 36.8. The maximum atomic E-state index is 7.76. The van der Waals surface area contributed by atoms with Crippen LogP contribution in [0, 0.1) is 5.41 Å². The summed E-state index contributed by atoms with van der Waals surface area (Å²) in [5, 5.41) is 0. The molecule has 0 radical (unpaired) electrons.